The predicted octanol–water partition coefficient (Wildman–Crippen LogP) is 2.41. The standard InChI is InChI=1S/C18H25N3O2/c1-14-6-2-5-9-16(14)17(22)20-10-12-21(13-11-20)18(23)19-15-7-3-4-8-15/h2,5-6,9,15H,3-4,7-8,10-13H2,1H3,(H,19,23). The number of aryl methyl sites for hydroxylation is 1. The number of carbonyl (C=O) groups excluding carboxylic acids is 2. The fraction of sp³-hybridized carbons (Fsp3) is 0.556. The van der Waals surface area contributed by atoms with Crippen molar-refractivity contribution in [2.24, 2.45) is 0 Å². The molecule has 2 aliphatic rings. The molecule has 2 fully saturated rings. The smallest absolute Gasteiger partial charge is 0.317 e. The second-order valence-electron chi connectivity index (χ2n) is 6.53. The third-order valence-electron chi connectivity index (χ3n) is 4.91. The first-order valence-electron chi connectivity index (χ1n) is 8.55. The van der Waals surface area contributed by atoms with Gasteiger partial charge in [0, 0.05) is 37.8 Å². The van der Waals surface area contributed by atoms with Crippen molar-refractivity contribution in [1.29, 1.82) is 0 Å². The normalized spacial score (nSPS) is 19.0. The van der Waals surface area contributed by atoms with Crippen LogP contribution in [0.15, 0.2) is 24.3 Å². The average molecular weight is 315 g/mol. The summed E-state index contributed by atoms with van der Waals surface area (Å²) in [6.07, 6.45) is 4.61. The highest BCUT2D eigenvalue weighted by Crippen LogP contribution is 2.18. The van der Waals surface area contributed by atoms with Crippen molar-refractivity contribution in [1.82, 2.24) is 15.1 Å². The maximum absolute atomic E-state index is 12.6. The summed E-state index contributed by atoms with van der Waals surface area (Å²) >= 11 is 0. The molecule has 3 amide bonds. The molecule has 1 aliphatic carbocycles. The molecular weight excluding hydrogens is 290 g/mol. The Morgan fingerprint density at radius 3 is 2.26 bits per heavy atom. The van der Waals surface area contributed by atoms with Crippen LogP contribution in [0.3, 0.4) is 0 Å². The fourth-order valence-electron chi connectivity index (χ4n) is 3.43. The Bertz CT molecular complexity index is 573. The average Bonchev–Trinajstić information content (AvgIpc) is 3.08. The van der Waals surface area contributed by atoms with Gasteiger partial charge in [-0.25, -0.2) is 4.79 Å². The van der Waals surface area contributed by atoms with Crippen molar-refractivity contribution in [3.05, 3.63) is 35.4 Å². The molecule has 1 saturated heterocycles. The van der Waals surface area contributed by atoms with Crippen LogP contribution < -0.4 is 5.32 Å². The van der Waals surface area contributed by atoms with E-state index >= 15 is 0 Å². The van der Waals surface area contributed by atoms with E-state index in [0.29, 0.717) is 32.2 Å². The summed E-state index contributed by atoms with van der Waals surface area (Å²) in [6.45, 7) is 4.38. The molecule has 1 aromatic carbocycles. The minimum atomic E-state index is 0.0277. The summed E-state index contributed by atoms with van der Waals surface area (Å²) < 4.78 is 0. The molecule has 23 heavy (non-hydrogen) atoms. The lowest BCUT2D eigenvalue weighted by atomic mass is 10.1. The van der Waals surface area contributed by atoms with Gasteiger partial charge in [-0.3, -0.25) is 4.79 Å². The highest BCUT2D eigenvalue weighted by atomic mass is 16.2. The lowest BCUT2D eigenvalue weighted by molar-refractivity contribution is 0.0663. The number of piperazine rings is 1. The van der Waals surface area contributed by atoms with E-state index < -0.39 is 0 Å². The Morgan fingerprint density at radius 1 is 1.00 bits per heavy atom. The van der Waals surface area contributed by atoms with Crippen LogP contribution in [0, 0.1) is 6.92 Å². The van der Waals surface area contributed by atoms with Gasteiger partial charge in [-0.15, -0.1) is 0 Å². The Balaban J connectivity index is 1.52. The summed E-state index contributed by atoms with van der Waals surface area (Å²) in [6, 6.07) is 8.03. The summed E-state index contributed by atoms with van der Waals surface area (Å²) in [5, 5.41) is 3.12. The Morgan fingerprint density at radius 2 is 1.61 bits per heavy atom. The first kappa shape index (κ1) is 15.8. The van der Waals surface area contributed by atoms with Gasteiger partial charge >= 0.3 is 6.03 Å². The van der Waals surface area contributed by atoms with Gasteiger partial charge < -0.3 is 15.1 Å². The minimum absolute atomic E-state index is 0.0277. The van der Waals surface area contributed by atoms with Gasteiger partial charge in [-0.2, -0.15) is 0 Å². The van der Waals surface area contributed by atoms with Crippen LogP contribution in [0.5, 0.6) is 0 Å². The molecule has 1 aromatic rings. The SMILES string of the molecule is Cc1ccccc1C(=O)N1CCN(C(=O)NC2CCCC2)CC1. The summed E-state index contributed by atoms with van der Waals surface area (Å²) in [4.78, 5) is 28.5. The number of hydrogen-bond donors (Lipinski definition) is 1. The number of rotatable bonds is 2. The third-order valence-corrected chi connectivity index (χ3v) is 4.91. The topological polar surface area (TPSA) is 52.7 Å². The van der Waals surface area contributed by atoms with Crippen LogP contribution in [-0.2, 0) is 0 Å². The Labute approximate surface area is 137 Å². The second kappa shape index (κ2) is 7.02. The molecule has 1 heterocycles. The lowest BCUT2D eigenvalue weighted by Gasteiger charge is -2.35. The van der Waals surface area contributed by atoms with Gasteiger partial charge in [0.25, 0.3) is 5.91 Å². The number of urea groups is 1. The summed E-state index contributed by atoms with van der Waals surface area (Å²) in [5.41, 5.74) is 1.76. The first-order chi connectivity index (χ1) is 11.1. The van der Waals surface area contributed by atoms with Crippen molar-refractivity contribution in [2.75, 3.05) is 26.2 Å². The van der Waals surface area contributed by atoms with Crippen LogP contribution in [0.25, 0.3) is 0 Å². The summed E-state index contributed by atoms with van der Waals surface area (Å²) in [5.74, 6) is 0.0685. The van der Waals surface area contributed by atoms with E-state index in [2.05, 4.69) is 5.32 Å². The van der Waals surface area contributed by atoms with Gasteiger partial charge in [0.15, 0.2) is 0 Å². The van der Waals surface area contributed by atoms with Gasteiger partial charge in [0.05, 0.1) is 0 Å². The quantitative estimate of drug-likeness (QED) is 0.911. The van der Waals surface area contributed by atoms with Gasteiger partial charge in [0.1, 0.15) is 0 Å². The molecule has 0 radical (unpaired) electrons. The van der Waals surface area contributed by atoms with Crippen molar-refractivity contribution >= 4 is 11.9 Å². The monoisotopic (exact) mass is 315 g/mol. The van der Waals surface area contributed by atoms with E-state index in [1.54, 1.807) is 0 Å². The van der Waals surface area contributed by atoms with Crippen LogP contribution in [0.1, 0.15) is 41.6 Å². The number of benzene rings is 1. The molecule has 1 saturated carbocycles. The molecule has 5 heteroatoms. The first-order valence-corrected chi connectivity index (χ1v) is 8.55. The summed E-state index contributed by atoms with van der Waals surface area (Å²) in [7, 11) is 0. The second-order valence-corrected chi connectivity index (χ2v) is 6.53. The number of nitrogens with one attached hydrogen (secondary N) is 1. The van der Waals surface area contributed by atoms with Crippen LogP contribution in [0.2, 0.25) is 0 Å². The maximum Gasteiger partial charge on any atom is 0.317 e. The zero-order chi connectivity index (χ0) is 16.2. The number of amides is 3. The van der Waals surface area contributed by atoms with Crippen molar-refractivity contribution in [2.45, 2.75) is 38.6 Å². The van der Waals surface area contributed by atoms with E-state index in [0.717, 1.165) is 24.0 Å². The minimum Gasteiger partial charge on any atom is -0.335 e. The third kappa shape index (κ3) is 3.66. The van der Waals surface area contributed by atoms with E-state index in [1.165, 1.54) is 12.8 Å². The zero-order valence-electron chi connectivity index (χ0n) is 13.8. The van der Waals surface area contributed by atoms with Gasteiger partial charge in [-0.05, 0) is 31.4 Å². The molecule has 5 nitrogen and oxygen atoms in total. The molecule has 1 N–H and O–H groups in total. The van der Waals surface area contributed by atoms with Crippen molar-refractivity contribution < 1.29 is 9.59 Å². The van der Waals surface area contributed by atoms with E-state index in [4.69, 9.17) is 0 Å². The molecule has 0 atom stereocenters. The predicted molar refractivity (Wildman–Crippen MR) is 89.4 cm³/mol. The van der Waals surface area contributed by atoms with Crippen LogP contribution in [0.4, 0.5) is 4.79 Å². The van der Waals surface area contributed by atoms with Crippen LogP contribution >= 0.6 is 0 Å². The Hall–Kier alpha value is -2.04. The van der Waals surface area contributed by atoms with E-state index in [-0.39, 0.29) is 11.9 Å². The maximum atomic E-state index is 12.6. The Kier molecular flexibility index (Phi) is 4.84. The van der Waals surface area contributed by atoms with Crippen LogP contribution in [-0.4, -0.2) is 54.0 Å². The fourth-order valence-corrected chi connectivity index (χ4v) is 3.43. The molecular formula is C18H25N3O2. The highest BCUT2D eigenvalue weighted by Gasteiger charge is 2.27. The molecule has 1 aliphatic heterocycles. The highest BCUT2D eigenvalue weighted by molar-refractivity contribution is 5.95. The molecule has 124 valence electrons. The van der Waals surface area contributed by atoms with Crippen molar-refractivity contribution in [3.63, 3.8) is 0 Å². The molecule has 0 spiro atoms. The molecule has 0 bridgehead atoms. The van der Waals surface area contributed by atoms with Gasteiger partial charge in [0.2, 0.25) is 0 Å². The van der Waals surface area contributed by atoms with E-state index in [9.17, 15) is 9.59 Å². The zero-order valence-corrected chi connectivity index (χ0v) is 13.8. The molecule has 3 rings (SSSR count). The lowest BCUT2D eigenvalue weighted by Crippen LogP contribution is -2.54. The number of hydrogen-bond acceptors (Lipinski definition) is 2. The number of nitrogens with zero attached hydrogens (tertiary/aromatic N) is 2. The largest absolute Gasteiger partial charge is 0.335 e. The molecule has 0 unspecified atom stereocenters. The number of carbonyl (C=O) groups is 2. The van der Waals surface area contributed by atoms with Gasteiger partial charge in [-0.1, -0.05) is 31.0 Å². The van der Waals surface area contributed by atoms with Crippen molar-refractivity contribution in [3.8, 4) is 0 Å². The molecule has 0 aromatic heterocycles. The van der Waals surface area contributed by atoms with E-state index in [1.807, 2.05) is 41.0 Å².